The quantitative estimate of drug-likeness (QED) is 0.910. The predicted octanol–water partition coefficient (Wildman–Crippen LogP) is 2.27. The number of nitrogens with one attached hydrogen (secondary N) is 1. The maximum absolute atomic E-state index is 12.1. The molecule has 0 atom stereocenters. The molecular formula is C17H23N5O2. The third kappa shape index (κ3) is 4.78. The van der Waals surface area contributed by atoms with E-state index in [9.17, 15) is 4.79 Å². The van der Waals surface area contributed by atoms with E-state index in [-0.39, 0.29) is 12.5 Å². The van der Waals surface area contributed by atoms with Gasteiger partial charge < -0.3 is 10.1 Å². The van der Waals surface area contributed by atoms with Crippen molar-refractivity contribution in [3.8, 4) is 11.4 Å². The van der Waals surface area contributed by atoms with Gasteiger partial charge in [-0.05, 0) is 47.5 Å². The summed E-state index contributed by atoms with van der Waals surface area (Å²) in [6.45, 7) is 0.0424. The molecule has 128 valence electrons. The summed E-state index contributed by atoms with van der Waals surface area (Å²) < 4.78 is 7.13. The highest BCUT2D eigenvalue weighted by molar-refractivity contribution is 5.77. The maximum atomic E-state index is 12.1. The molecule has 2 aromatic rings. The smallest absolute Gasteiger partial charge is 0.258 e. The third-order valence-electron chi connectivity index (χ3n) is 4.29. The zero-order valence-corrected chi connectivity index (χ0v) is 13.7. The number of amides is 1. The number of nitrogens with zero attached hydrogens (tertiary/aromatic N) is 4. The second kappa shape index (κ2) is 8.42. The van der Waals surface area contributed by atoms with Gasteiger partial charge in [-0.2, -0.15) is 0 Å². The fourth-order valence-corrected chi connectivity index (χ4v) is 2.99. The molecule has 0 aliphatic heterocycles. The Labute approximate surface area is 141 Å². The van der Waals surface area contributed by atoms with Gasteiger partial charge in [0.15, 0.2) is 6.61 Å². The van der Waals surface area contributed by atoms with E-state index in [1.165, 1.54) is 38.4 Å². The highest BCUT2D eigenvalue weighted by Crippen LogP contribution is 2.17. The Bertz CT molecular complexity index is 619. The van der Waals surface area contributed by atoms with E-state index in [0.29, 0.717) is 11.8 Å². The van der Waals surface area contributed by atoms with Crippen molar-refractivity contribution in [2.45, 2.75) is 51.0 Å². The van der Waals surface area contributed by atoms with Gasteiger partial charge in [0.2, 0.25) is 0 Å². The van der Waals surface area contributed by atoms with Crippen LogP contribution in [0.1, 0.15) is 44.9 Å². The Morgan fingerprint density at radius 2 is 1.83 bits per heavy atom. The molecular weight excluding hydrogens is 306 g/mol. The van der Waals surface area contributed by atoms with Gasteiger partial charge in [0, 0.05) is 6.04 Å². The minimum atomic E-state index is -0.0508. The molecule has 1 saturated carbocycles. The number of hydrogen-bond donors (Lipinski definition) is 1. The molecule has 24 heavy (non-hydrogen) atoms. The summed E-state index contributed by atoms with van der Waals surface area (Å²) >= 11 is 0. The van der Waals surface area contributed by atoms with Crippen LogP contribution in [0.25, 0.3) is 5.69 Å². The van der Waals surface area contributed by atoms with Crippen LogP contribution in [0.4, 0.5) is 0 Å². The molecule has 1 heterocycles. The standard InChI is InChI=1S/C17H23N5O2/c23-17(19-14-6-4-2-1-3-5-7-14)12-24-16-10-8-15(9-11-16)22-13-18-20-21-22/h8-11,13-14H,1-7,12H2,(H,19,23). The Hall–Kier alpha value is -2.44. The zero-order chi connectivity index (χ0) is 16.6. The van der Waals surface area contributed by atoms with Crippen molar-refractivity contribution in [1.29, 1.82) is 0 Å². The summed E-state index contributed by atoms with van der Waals surface area (Å²) in [5, 5.41) is 14.1. The molecule has 0 unspecified atom stereocenters. The van der Waals surface area contributed by atoms with Gasteiger partial charge in [0.25, 0.3) is 5.91 Å². The van der Waals surface area contributed by atoms with E-state index < -0.39 is 0 Å². The molecule has 1 amide bonds. The number of tetrazole rings is 1. The van der Waals surface area contributed by atoms with Crippen molar-refractivity contribution in [1.82, 2.24) is 25.5 Å². The first-order valence-corrected chi connectivity index (χ1v) is 8.57. The molecule has 1 aliphatic rings. The maximum Gasteiger partial charge on any atom is 0.258 e. The number of carbonyl (C=O) groups is 1. The van der Waals surface area contributed by atoms with Crippen LogP contribution in [0.5, 0.6) is 5.75 Å². The monoisotopic (exact) mass is 329 g/mol. The normalized spacial score (nSPS) is 16.2. The van der Waals surface area contributed by atoms with Crippen molar-refractivity contribution >= 4 is 5.91 Å². The molecule has 1 aliphatic carbocycles. The van der Waals surface area contributed by atoms with Crippen LogP contribution >= 0.6 is 0 Å². The van der Waals surface area contributed by atoms with Crippen molar-refractivity contribution in [3.05, 3.63) is 30.6 Å². The van der Waals surface area contributed by atoms with Crippen molar-refractivity contribution < 1.29 is 9.53 Å². The van der Waals surface area contributed by atoms with E-state index in [4.69, 9.17) is 4.74 Å². The van der Waals surface area contributed by atoms with Crippen LogP contribution in [0.2, 0.25) is 0 Å². The van der Waals surface area contributed by atoms with Gasteiger partial charge in [-0.25, -0.2) is 4.68 Å². The first-order chi connectivity index (χ1) is 11.8. The minimum absolute atomic E-state index is 0.0424. The summed E-state index contributed by atoms with van der Waals surface area (Å²) in [4.78, 5) is 12.1. The Morgan fingerprint density at radius 1 is 1.12 bits per heavy atom. The van der Waals surface area contributed by atoms with Gasteiger partial charge >= 0.3 is 0 Å². The summed E-state index contributed by atoms with van der Waals surface area (Å²) in [7, 11) is 0. The average molecular weight is 329 g/mol. The van der Waals surface area contributed by atoms with Crippen LogP contribution in [0.15, 0.2) is 30.6 Å². The van der Waals surface area contributed by atoms with Crippen LogP contribution in [-0.2, 0) is 4.79 Å². The Balaban J connectivity index is 1.45. The van der Waals surface area contributed by atoms with E-state index in [2.05, 4.69) is 20.8 Å². The lowest BCUT2D eigenvalue weighted by atomic mass is 9.97. The second-order valence-corrected chi connectivity index (χ2v) is 6.15. The fraction of sp³-hybridized carbons (Fsp3) is 0.529. The number of hydrogen-bond acceptors (Lipinski definition) is 5. The predicted molar refractivity (Wildman–Crippen MR) is 88.9 cm³/mol. The molecule has 0 spiro atoms. The molecule has 7 heteroatoms. The lowest BCUT2D eigenvalue weighted by molar-refractivity contribution is -0.123. The molecule has 0 bridgehead atoms. The van der Waals surface area contributed by atoms with E-state index >= 15 is 0 Å². The van der Waals surface area contributed by atoms with E-state index in [1.807, 2.05) is 12.1 Å². The Kier molecular flexibility index (Phi) is 5.76. The van der Waals surface area contributed by atoms with Crippen LogP contribution in [0.3, 0.4) is 0 Å². The van der Waals surface area contributed by atoms with Gasteiger partial charge in [-0.3, -0.25) is 4.79 Å². The van der Waals surface area contributed by atoms with Crippen molar-refractivity contribution in [2.75, 3.05) is 6.61 Å². The Morgan fingerprint density at radius 3 is 2.50 bits per heavy atom. The lowest BCUT2D eigenvalue weighted by Crippen LogP contribution is -2.38. The lowest BCUT2D eigenvalue weighted by Gasteiger charge is -2.21. The van der Waals surface area contributed by atoms with Crippen LogP contribution in [0, 0.1) is 0 Å². The molecule has 1 aromatic carbocycles. The first-order valence-electron chi connectivity index (χ1n) is 8.57. The topological polar surface area (TPSA) is 81.9 Å². The molecule has 1 fully saturated rings. The average Bonchev–Trinajstić information content (AvgIpc) is 3.10. The van der Waals surface area contributed by atoms with Gasteiger partial charge in [-0.15, -0.1) is 5.10 Å². The molecule has 1 N–H and O–H groups in total. The molecule has 0 saturated heterocycles. The largest absolute Gasteiger partial charge is 0.484 e. The number of carbonyl (C=O) groups excluding carboxylic acids is 1. The molecule has 3 rings (SSSR count). The van der Waals surface area contributed by atoms with Crippen molar-refractivity contribution in [2.24, 2.45) is 0 Å². The fourth-order valence-electron chi connectivity index (χ4n) is 2.99. The SMILES string of the molecule is O=C(COc1ccc(-n2cnnn2)cc1)NC1CCCCCCC1. The van der Waals surface area contributed by atoms with Gasteiger partial charge in [0.05, 0.1) is 5.69 Å². The first kappa shape index (κ1) is 16.4. The summed E-state index contributed by atoms with van der Waals surface area (Å²) in [6, 6.07) is 7.60. The second-order valence-electron chi connectivity index (χ2n) is 6.15. The summed E-state index contributed by atoms with van der Waals surface area (Å²) in [6.07, 6.45) is 9.95. The van der Waals surface area contributed by atoms with Crippen molar-refractivity contribution in [3.63, 3.8) is 0 Å². The minimum Gasteiger partial charge on any atom is -0.484 e. The van der Waals surface area contributed by atoms with Gasteiger partial charge in [-0.1, -0.05) is 32.1 Å². The third-order valence-corrected chi connectivity index (χ3v) is 4.29. The van der Waals surface area contributed by atoms with Crippen LogP contribution < -0.4 is 10.1 Å². The van der Waals surface area contributed by atoms with E-state index in [1.54, 1.807) is 16.8 Å². The number of benzene rings is 1. The summed E-state index contributed by atoms with van der Waals surface area (Å²) in [5.74, 6) is 0.602. The van der Waals surface area contributed by atoms with E-state index in [0.717, 1.165) is 18.5 Å². The summed E-state index contributed by atoms with van der Waals surface area (Å²) in [5.41, 5.74) is 0.839. The number of rotatable bonds is 5. The number of ether oxygens (including phenoxy) is 1. The molecule has 0 radical (unpaired) electrons. The number of aromatic nitrogens is 4. The van der Waals surface area contributed by atoms with Gasteiger partial charge in [0.1, 0.15) is 12.1 Å². The molecule has 1 aromatic heterocycles. The highest BCUT2D eigenvalue weighted by Gasteiger charge is 2.14. The van der Waals surface area contributed by atoms with Crippen LogP contribution in [-0.4, -0.2) is 38.8 Å². The molecule has 7 nitrogen and oxygen atoms in total. The zero-order valence-electron chi connectivity index (χ0n) is 13.7. The highest BCUT2D eigenvalue weighted by atomic mass is 16.5.